The molecule has 0 saturated carbocycles. The number of hydrogen-bond acceptors (Lipinski definition) is 2. The molecule has 3 aromatic carbocycles. The van der Waals surface area contributed by atoms with Crippen LogP contribution in [0.25, 0.3) is 0 Å². The topological polar surface area (TPSA) is 17.8 Å². The Hall–Kier alpha value is -2.78. The van der Waals surface area contributed by atoms with E-state index in [0.29, 0.717) is 0 Å². The van der Waals surface area contributed by atoms with Crippen molar-refractivity contribution in [1.82, 2.24) is 9.55 Å². The molecule has 0 aliphatic heterocycles. The Labute approximate surface area is 158 Å². The lowest BCUT2D eigenvalue weighted by Gasteiger charge is -2.37. The summed E-state index contributed by atoms with van der Waals surface area (Å²) in [5.41, 5.74) is 3.17. The van der Waals surface area contributed by atoms with Gasteiger partial charge in [0.05, 0.1) is 6.33 Å². The van der Waals surface area contributed by atoms with Crippen LogP contribution in [0, 0.1) is 0 Å². The van der Waals surface area contributed by atoms with Crippen LogP contribution >= 0.6 is 11.8 Å². The Morgan fingerprint density at radius 3 is 1.73 bits per heavy atom. The van der Waals surface area contributed by atoms with Gasteiger partial charge in [-0.3, -0.25) is 0 Å². The highest BCUT2D eigenvalue weighted by molar-refractivity contribution is 7.98. The Morgan fingerprint density at radius 2 is 1.27 bits per heavy atom. The van der Waals surface area contributed by atoms with E-state index in [1.807, 2.05) is 18.7 Å². The lowest BCUT2D eigenvalue weighted by molar-refractivity contribution is 0.514. The number of hydrogen-bond donors (Lipinski definition) is 0. The molecule has 0 amide bonds. The van der Waals surface area contributed by atoms with E-state index in [1.165, 1.54) is 21.6 Å². The van der Waals surface area contributed by atoms with Gasteiger partial charge < -0.3 is 4.57 Å². The van der Waals surface area contributed by atoms with Gasteiger partial charge in [-0.2, -0.15) is 0 Å². The van der Waals surface area contributed by atoms with E-state index in [1.54, 1.807) is 11.8 Å². The highest BCUT2D eigenvalue weighted by atomic mass is 32.2. The van der Waals surface area contributed by atoms with Crippen molar-refractivity contribution in [3.05, 3.63) is 120 Å². The third kappa shape index (κ3) is 2.74. The first-order valence-corrected chi connectivity index (χ1v) is 9.82. The van der Waals surface area contributed by atoms with E-state index in [2.05, 4.69) is 101 Å². The number of aromatic nitrogens is 2. The van der Waals surface area contributed by atoms with Crippen molar-refractivity contribution in [2.24, 2.45) is 0 Å². The molecule has 0 N–H and O–H groups in total. The van der Waals surface area contributed by atoms with Crippen LogP contribution in [0.15, 0.2) is 109 Å². The fourth-order valence-corrected chi connectivity index (χ4v) is 4.00. The van der Waals surface area contributed by atoms with E-state index >= 15 is 0 Å². The fraction of sp³-hybridized carbons (Fsp3) is 0.0870. The van der Waals surface area contributed by atoms with Crippen LogP contribution in [-0.2, 0) is 5.54 Å². The Bertz CT molecular complexity index is 907. The monoisotopic (exact) mass is 356 g/mol. The van der Waals surface area contributed by atoms with Gasteiger partial charge in [0.2, 0.25) is 0 Å². The zero-order chi connectivity index (χ0) is 17.8. The highest BCUT2D eigenvalue weighted by Crippen LogP contribution is 2.40. The molecule has 0 radical (unpaired) electrons. The number of thioether (sulfide) groups is 1. The molecule has 2 nitrogen and oxygen atoms in total. The number of benzene rings is 3. The van der Waals surface area contributed by atoms with Crippen molar-refractivity contribution in [2.75, 3.05) is 6.26 Å². The van der Waals surface area contributed by atoms with Gasteiger partial charge in [0.25, 0.3) is 0 Å². The summed E-state index contributed by atoms with van der Waals surface area (Å²) in [5, 5.41) is 0. The molecule has 4 rings (SSSR count). The summed E-state index contributed by atoms with van der Waals surface area (Å²) < 4.78 is 2.20. The number of nitrogens with zero attached hydrogens (tertiary/aromatic N) is 2. The zero-order valence-corrected chi connectivity index (χ0v) is 15.4. The fourth-order valence-electron chi connectivity index (χ4n) is 3.60. The summed E-state index contributed by atoms with van der Waals surface area (Å²) in [4.78, 5) is 5.62. The van der Waals surface area contributed by atoms with Gasteiger partial charge in [0.1, 0.15) is 5.54 Å². The first-order chi connectivity index (χ1) is 12.9. The zero-order valence-electron chi connectivity index (χ0n) is 14.6. The summed E-state index contributed by atoms with van der Waals surface area (Å²) in [5.74, 6) is 0. The van der Waals surface area contributed by atoms with E-state index < -0.39 is 5.54 Å². The summed E-state index contributed by atoms with van der Waals surface area (Å²) in [6.45, 7) is 0. The van der Waals surface area contributed by atoms with Crippen LogP contribution in [0.5, 0.6) is 0 Å². The second-order valence-corrected chi connectivity index (χ2v) is 7.02. The summed E-state index contributed by atoms with van der Waals surface area (Å²) in [6, 6.07) is 30.1. The van der Waals surface area contributed by atoms with Gasteiger partial charge in [-0.1, -0.05) is 72.8 Å². The van der Waals surface area contributed by atoms with E-state index in [-0.39, 0.29) is 0 Å². The van der Waals surface area contributed by atoms with Crippen molar-refractivity contribution in [1.29, 1.82) is 0 Å². The smallest absolute Gasteiger partial charge is 0.121 e. The largest absolute Gasteiger partial charge is 0.319 e. The minimum atomic E-state index is -0.462. The molecule has 128 valence electrons. The van der Waals surface area contributed by atoms with Crippen LogP contribution in [0.3, 0.4) is 0 Å². The normalized spacial score (nSPS) is 11.4. The van der Waals surface area contributed by atoms with Crippen LogP contribution in [-0.4, -0.2) is 15.8 Å². The molecule has 3 heteroatoms. The van der Waals surface area contributed by atoms with Gasteiger partial charge in [0.15, 0.2) is 0 Å². The van der Waals surface area contributed by atoms with Crippen LogP contribution in [0.4, 0.5) is 0 Å². The van der Waals surface area contributed by atoms with E-state index in [0.717, 1.165) is 0 Å². The first-order valence-electron chi connectivity index (χ1n) is 8.59. The average molecular weight is 356 g/mol. The van der Waals surface area contributed by atoms with Crippen LogP contribution < -0.4 is 0 Å². The first kappa shape index (κ1) is 16.7. The quantitative estimate of drug-likeness (QED) is 0.350. The standard InChI is InChI=1S/C23H20N2S/c1-26-22-14-12-21(13-15-22)23(25-17-16-24-18-25,19-8-4-2-5-9-19)20-10-6-3-7-11-20/h2-18H,1H3. The second-order valence-electron chi connectivity index (χ2n) is 6.14. The number of imidazole rings is 1. The SMILES string of the molecule is CSc1ccc(C(c2ccccc2)(c2ccccc2)n2ccnc2)cc1. The average Bonchev–Trinajstić information content (AvgIpc) is 3.26. The minimum Gasteiger partial charge on any atom is -0.319 e. The van der Waals surface area contributed by atoms with Crippen molar-refractivity contribution in [2.45, 2.75) is 10.4 Å². The molecular weight excluding hydrogens is 336 g/mol. The molecule has 4 aromatic rings. The van der Waals surface area contributed by atoms with Crippen LogP contribution in [0.2, 0.25) is 0 Å². The molecule has 26 heavy (non-hydrogen) atoms. The third-order valence-electron chi connectivity index (χ3n) is 4.78. The van der Waals surface area contributed by atoms with Gasteiger partial charge in [-0.05, 0) is 35.1 Å². The van der Waals surface area contributed by atoms with Gasteiger partial charge in [-0.25, -0.2) is 4.98 Å². The summed E-state index contributed by atoms with van der Waals surface area (Å²) in [7, 11) is 0. The van der Waals surface area contributed by atoms with E-state index in [9.17, 15) is 0 Å². The second kappa shape index (κ2) is 7.22. The van der Waals surface area contributed by atoms with Crippen molar-refractivity contribution in [3.8, 4) is 0 Å². The predicted octanol–water partition coefficient (Wildman–Crippen LogP) is 5.45. The Morgan fingerprint density at radius 1 is 0.731 bits per heavy atom. The van der Waals surface area contributed by atoms with Gasteiger partial charge in [-0.15, -0.1) is 11.8 Å². The molecule has 0 spiro atoms. The molecule has 0 fully saturated rings. The third-order valence-corrected chi connectivity index (χ3v) is 5.53. The minimum absolute atomic E-state index is 0.462. The molecule has 0 saturated heterocycles. The molecule has 1 aromatic heterocycles. The Balaban J connectivity index is 2.07. The van der Waals surface area contributed by atoms with Crippen molar-refractivity contribution >= 4 is 11.8 Å². The molecule has 0 aliphatic rings. The Kier molecular flexibility index (Phi) is 4.63. The summed E-state index contributed by atoms with van der Waals surface area (Å²) in [6.07, 6.45) is 7.90. The van der Waals surface area contributed by atoms with Crippen molar-refractivity contribution in [3.63, 3.8) is 0 Å². The molecular formula is C23H20N2S. The molecule has 0 atom stereocenters. The molecule has 0 bridgehead atoms. The maximum Gasteiger partial charge on any atom is 0.121 e. The molecule has 1 heterocycles. The summed E-state index contributed by atoms with van der Waals surface area (Å²) >= 11 is 1.76. The van der Waals surface area contributed by atoms with Gasteiger partial charge >= 0.3 is 0 Å². The molecule has 0 unspecified atom stereocenters. The lowest BCUT2D eigenvalue weighted by Crippen LogP contribution is -2.36. The van der Waals surface area contributed by atoms with Crippen LogP contribution in [0.1, 0.15) is 16.7 Å². The predicted molar refractivity (Wildman–Crippen MR) is 109 cm³/mol. The highest BCUT2D eigenvalue weighted by Gasteiger charge is 2.37. The van der Waals surface area contributed by atoms with Crippen molar-refractivity contribution < 1.29 is 0 Å². The molecule has 0 aliphatic carbocycles. The number of rotatable bonds is 5. The maximum absolute atomic E-state index is 4.36. The maximum atomic E-state index is 4.36. The van der Waals surface area contributed by atoms with Gasteiger partial charge in [0, 0.05) is 17.3 Å². The lowest BCUT2D eigenvalue weighted by atomic mass is 9.77. The van der Waals surface area contributed by atoms with E-state index in [4.69, 9.17) is 0 Å².